The molecule has 0 amide bonds. The first-order chi connectivity index (χ1) is 9.88. The molecule has 1 unspecified atom stereocenters. The summed E-state index contributed by atoms with van der Waals surface area (Å²) in [6.07, 6.45) is 2.01. The van der Waals surface area contributed by atoms with Crippen molar-refractivity contribution in [1.82, 2.24) is 14.8 Å². The number of ether oxygens (including phenoxy) is 1. The van der Waals surface area contributed by atoms with E-state index in [1.54, 1.807) is 7.05 Å². The monoisotopic (exact) mass is 358 g/mol. The Labute approximate surface area is 134 Å². The number of nitrogens with zero attached hydrogens (tertiary/aromatic N) is 3. The number of carbonyl (C=O) groups is 1. The molecule has 0 aliphatic rings. The summed E-state index contributed by atoms with van der Waals surface area (Å²) in [5.41, 5.74) is 1.16. The van der Waals surface area contributed by atoms with Gasteiger partial charge in [0.05, 0.1) is 19.6 Å². The normalized spacial score (nSPS) is 13.0. The first-order valence-corrected chi connectivity index (χ1v) is 7.48. The standard InChI is InChI=1S/C14H23BrN4O2/c1-10(13(20)21-5)7-17-14(16-2)19(4)9-12-6-11(15)8-18(12)3/h6,8,10H,7,9H2,1-5H3,(H,16,17). The highest BCUT2D eigenvalue weighted by atomic mass is 79.9. The first kappa shape index (κ1) is 17.6. The van der Waals surface area contributed by atoms with E-state index in [1.807, 2.05) is 32.1 Å². The Balaban J connectivity index is 2.60. The van der Waals surface area contributed by atoms with Gasteiger partial charge in [0.15, 0.2) is 5.96 Å². The molecule has 21 heavy (non-hydrogen) atoms. The number of aliphatic imine (C=N–C) groups is 1. The van der Waals surface area contributed by atoms with Gasteiger partial charge in [-0.3, -0.25) is 9.79 Å². The number of hydrogen-bond acceptors (Lipinski definition) is 3. The Kier molecular flexibility index (Phi) is 6.74. The molecular formula is C14H23BrN4O2. The van der Waals surface area contributed by atoms with Crippen molar-refractivity contribution in [2.24, 2.45) is 18.0 Å². The van der Waals surface area contributed by atoms with E-state index in [0.717, 1.165) is 16.1 Å². The van der Waals surface area contributed by atoms with Gasteiger partial charge in [-0.05, 0) is 22.0 Å². The number of guanidine groups is 1. The number of esters is 1. The molecule has 0 saturated heterocycles. The third kappa shape index (κ3) is 5.08. The lowest BCUT2D eigenvalue weighted by molar-refractivity contribution is -0.144. The van der Waals surface area contributed by atoms with E-state index >= 15 is 0 Å². The van der Waals surface area contributed by atoms with E-state index < -0.39 is 0 Å². The number of methoxy groups -OCH3 is 1. The van der Waals surface area contributed by atoms with Gasteiger partial charge in [0.25, 0.3) is 0 Å². The maximum absolute atomic E-state index is 11.4. The molecule has 0 spiro atoms. The van der Waals surface area contributed by atoms with E-state index in [9.17, 15) is 4.79 Å². The fourth-order valence-electron chi connectivity index (χ4n) is 1.95. The molecule has 1 N–H and O–H groups in total. The van der Waals surface area contributed by atoms with Gasteiger partial charge in [-0.25, -0.2) is 0 Å². The molecule has 7 heteroatoms. The highest BCUT2D eigenvalue weighted by Gasteiger charge is 2.15. The lowest BCUT2D eigenvalue weighted by Gasteiger charge is -2.23. The second kappa shape index (κ2) is 8.07. The van der Waals surface area contributed by atoms with E-state index in [1.165, 1.54) is 7.11 Å². The van der Waals surface area contributed by atoms with Gasteiger partial charge in [0.1, 0.15) is 0 Å². The van der Waals surface area contributed by atoms with Crippen LogP contribution >= 0.6 is 15.9 Å². The summed E-state index contributed by atoms with van der Waals surface area (Å²) in [5.74, 6) is 0.291. The van der Waals surface area contributed by atoms with E-state index in [-0.39, 0.29) is 11.9 Å². The fourth-order valence-corrected chi connectivity index (χ4v) is 2.53. The summed E-state index contributed by atoms with van der Waals surface area (Å²) >= 11 is 3.46. The van der Waals surface area contributed by atoms with E-state index in [4.69, 9.17) is 4.74 Å². The molecule has 0 aliphatic carbocycles. The van der Waals surface area contributed by atoms with Crippen molar-refractivity contribution in [3.05, 3.63) is 22.4 Å². The molecule has 1 atom stereocenters. The lowest BCUT2D eigenvalue weighted by Crippen LogP contribution is -2.41. The van der Waals surface area contributed by atoms with Crippen LogP contribution in [0.1, 0.15) is 12.6 Å². The molecule has 0 aromatic carbocycles. The minimum absolute atomic E-state index is 0.218. The number of nitrogens with one attached hydrogen (secondary N) is 1. The third-order valence-electron chi connectivity index (χ3n) is 3.22. The van der Waals surface area contributed by atoms with Gasteiger partial charge in [0, 0.05) is 44.1 Å². The topological polar surface area (TPSA) is 58.9 Å². The van der Waals surface area contributed by atoms with Crippen molar-refractivity contribution in [3.63, 3.8) is 0 Å². The molecule has 1 aromatic heterocycles. The SMILES string of the molecule is CN=C(NCC(C)C(=O)OC)N(C)Cc1cc(Br)cn1C. The summed E-state index contributed by atoms with van der Waals surface area (Å²) in [6.45, 7) is 3.02. The average Bonchev–Trinajstić information content (AvgIpc) is 2.76. The Morgan fingerprint density at radius 2 is 2.29 bits per heavy atom. The van der Waals surface area contributed by atoms with Crippen molar-refractivity contribution in [1.29, 1.82) is 0 Å². The van der Waals surface area contributed by atoms with Gasteiger partial charge >= 0.3 is 5.97 Å². The van der Waals surface area contributed by atoms with Crippen LogP contribution in [0.2, 0.25) is 0 Å². The smallest absolute Gasteiger partial charge is 0.310 e. The largest absolute Gasteiger partial charge is 0.469 e. The second-order valence-electron chi connectivity index (χ2n) is 4.97. The number of rotatable bonds is 5. The zero-order valence-corrected chi connectivity index (χ0v) is 14.8. The van der Waals surface area contributed by atoms with Crippen LogP contribution in [-0.4, -0.2) is 49.1 Å². The Morgan fingerprint density at radius 1 is 1.62 bits per heavy atom. The van der Waals surface area contributed by atoms with Crippen LogP contribution < -0.4 is 5.32 Å². The molecule has 0 fully saturated rings. The van der Waals surface area contributed by atoms with Gasteiger partial charge < -0.3 is 19.5 Å². The fraction of sp³-hybridized carbons (Fsp3) is 0.571. The van der Waals surface area contributed by atoms with Gasteiger partial charge in [0.2, 0.25) is 0 Å². The highest BCUT2D eigenvalue weighted by molar-refractivity contribution is 9.10. The van der Waals surface area contributed by atoms with E-state index in [2.05, 4.69) is 36.9 Å². The molecule has 1 heterocycles. The zero-order chi connectivity index (χ0) is 16.0. The molecule has 6 nitrogen and oxygen atoms in total. The Hall–Kier alpha value is -1.50. The van der Waals surface area contributed by atoms with Gasteiger partial charge in [-0.15, -0.1) is 0 Å². The summed E-state index contributed by atoms with van der Waals surface area (Å²) in [6, 6.07) is 2.07. The van der Waals surface area contributed by atoms with E-state index in [0.29, 0.717) is 13.1 Å². The van der Waals surface area contributed by atoms with Crippen molar-refractivity contribution in [2.75, 3.05) is 27.7 Å². The summed E-state index contributed by atoms with van der Waals surface area (Å²) in [5, 5.41) is 3.18. The molecule has 0 radical (unpaired) electrons. The summed E-state index contributed by atoms with van der Waals surface area (Å²) < 4.78 is 7.82. The van der Waals surface area contributed by atoms with Crippen LogP contribution in [0.4, 0.5) is 0 Å². The Bertz CT molecular complexity index is 513. The maximum atomic E-state index is 11.4. The number of aromatic nitrogens is 1. The summed E-state index contributed by atoms with van der Waals surface area (Å²) in [4.78, 5) is 17.6. The zero-order valence-electron chi connectivity index (χ0n) is 13.2. The van der Waals surface area contributed by atoms with Crippen molar-refractivity contribution < 1.29 is 9.53 Å². The maximum Gasteiger partial charge on any atom is 0.310 e. The van der Waals surface area contributed by atoms with Crippen LogP contribution in [-0.2, 0) is 23.1 Å². The second-order valence-corrected chi connectivity index (χ2v) is 5.88. The predicted molar refractivity (Wildman–Crippen MR) is 87.1 cm³/mol. The predicted octanol–water partition coefficient (Wildman–Crippen LogP) is 1.60. The Morgan fingerprint density at radius 3 is 2.76 bits per heavy atom. The highest BCUT2D eigenvalue weighted by Crippen LogP contribution is 2.14. The third-order valence-corrected chi connectivity index (χ3v) is 3.65. The minimum atomic E-state index is -0.230. The van der Waals surface area contributed by atoms with Crippen LogP contribution in [0, 0.1) is 5.92 Å². The van der Waals surface area contributed by atoms with Crippen LogP contribution in [0.5, 0.6) is 0 Å². The molecule has 0 aliphatic heterocycles. The molecule has 118 valence electrons. The number of carbonyl (C=O) groups excluding carboxylic acids is 1. The summed E-state index contributed by atoms with van der Waals surface area (Å²) in [7, 11) is 7.08. The van der Waals surface area contributed by atoms with Crippen molar-refractivity contribution in [2.45, 2.75) is 13.5 Å². The van der Waals surface area contributed by atoms with Crippen LogP contribution in [0.3, 0.4) is 0 Å². The first-order valence-electron chi connectivity index (χ1n) is 6.69. The van der Waals surface area contributed by atoms with Crippen molar-refractivity contribution in [3.8, 4) is 0 Å². The minimum Gasteiger partial charge on any atom is -0.469 e. The molecule has 1 rings (SSSR count). The number of aryl methyl sites for hydroxylation is 1. The van der Waals surface area contributed by atoms with Crippen LogP contribution in [0.25, 0.3) is 0 Å². The molecule has 1 aromatic rings. The van der Waals surface area contributed by atoms with Gasteiger partial charge in [-0.2, -0.15) is 0 Å². The number of hydrogen-bond donors (Lipinski definition) is 1. The van der Waals surface area contributed by atoms with Crippen molar-refractivity contribution >= 4 is 27.9 Å². The average molecular weight is 359 g/mol. The van der Waals surface area contributed by atoms with Crippen LogP contribution in [0.15, 0.2) is 21.7 Å². The molecule has 0 saturated carbocycles. The molecular weight excluding hydrogens is 336 g/mol. The number of halogens is 1. The lowest BCUT2D eigenvalue weighted by atomic mass is 10.2. The van der Waals surface area contributed by atoms with Gasteiger partial charge in [-0.1, -0.05) is 6.92 Å². The molecule has 0 bridgehead atoms. The quantitative estimate of drug-likeness (QED) is 0.493.